The van der Waals surface area contributed by atoms with E-state index in [9.17, 15) is 9.59 Å². The van der Waals surface area contributed by atoms with Gasteiger partial charge in [0.1, 0.15) is 11.8 Å². The molecule has 2 amide bonds. The van der Waals surface area contributed by atoms with Gasteiger partial charge in [0.25, 0.3) is 5.91 Å². The highest BCUT2D eigenvalue weighted by Crippen LogP contribution is 2.29. The van der Waals surface area contributed by atoms with Gasteiger partial charge in [-0.2, -0.15) is 11.8 Å². The van der Waals surface area contributed by atoms with Crippen molar-refractivity contribution in [3.8, 4) is 0 Å². The molecular formula is C22H20ClN3O3S. The summed E-state index contributed by atoms with van der Waals surface area (Å²) in [6.45, 7) is 0.305. The molecule has 0 saturated heterocycles. The van der Waals surface area contributed by atoms with Crippen molar-refractivity contribution in [2.45, 2.75) is 18.3 Å². The predicted octanol–water partition coefficient (Wildman–Crippen LogP) is 4.53. The van der Waals surface area contributed by atoms with E-state index >= 15 is 0 Å². The van der Waals surface area contributed by atoms with E-state index in [4.69, 9.17) is 16.0 Å². The molecule has 8 heteroatoms. The lowest BCUT2D eigenvalue weighted by Gasteiger charge is -2.27. The number of carbonyl (C=O) groups is 2. The largest absolute Gasteiger partial charge is 0.467 e. The Kier molecular flexibility index (Phi) is 6.30. The van der Waals surface area contributed by atoms with Gasteiger partial charge in [-0.25, -0.2) is 0 Å². The van der Waals surface area contributed by atoms with Gasteiger partial charge in [-0.05, 0) is 48.0 Å². The maximum Gasteiger partial charge on any atom is 0.251 e. The van der Waals surface area contributed by atoms with Crippen molar-refractivity contribution < 1.29 is 14.0 Å². The monoisotopic (exact) mass is 441 g/mol. The van der Waals surface area contributed by atoms with Crippen molar-refractivity contribution in [3.05, 3.63) is 82.8 Å². The molecule has 0 spiro atoms. The molecule has 6 nitrogen and oxygen atoms in total. The molecule has 2 aromatic carbocycles. The maximum absolute atomic E-state index is 12.5. The standard InChI is InChI=1S/C22H20ClN3O3S/c23-16-4-1-3-14(9-16)12-30-13-20-22(28)26-19-10-15(6-7-18(19)25-20)21(27)24-11-17-5-2-8-29-17/h1-10,20,25H,11-13H2,(H,24,27)(H,26,28). The molecule has 30 heavy (non-hydrogen) atoms. The first-order valence-corrected chi connectivity index (χ1v) is 11.0. The Morgan fingerprint density at radius 1 is 1.13 bits per heavy atom. The van der Waals surface area contributed by atoms with Crippen LogP contribution in [-0.2, 0) is 17.1 Å². The Bertz CT molecular complexity index is 1060. The summed E-state index contributed by atoms with van der Waals surface area (Å²) >= 11 is 7.67. The second-order valence-corrected chi connectivity index (χ2v) is 8.32. The Balaban J connectivity index is 1.34. The number of rotatable bonds is 7. The molecule has 154 valence electrons. The van der Waals surface area contributed by atoms with Crippen LogP contribution in [-0.4, -0.2) is 23.6 Å². The van der Waals surface area contributed by atoms with Crippen molar-refractivity contribution in [2.75, 3.05) is 16.4 Å². The number of benzene rings is 2. The zero-order valence-electron chi connectivity index (χ0n) is 16.0. The number of halogens is 1. The first-order valence-electron chi connectivity index (χ1n) is 9.43. The maximum atomic E-state index is 12.5. The van der Waals surface area contributed by atoms with Crippen molar-refractivity contribution in [2.24, 2.45) is 0 Å². The summed E-state index contributed by atoms with van der Waals surface area (Å²) in [6.07, 6.45) is 1.56. The molecule has 1 atom stereocenters. The van der Waals surface area contributed by atoms with Crippen molar-refractivity contribution >= 4 is 46.6 Å². The molecule has 0 fully saturated rings. The fourth-order valence-electron chi connectivity index (χ4n) is 3.11. The number of thioether (sulfide) groups is 1. The van der Waals surface area contributed by atoms with Gasteiger partial charge in [0.2, 0.25) is 5.91 Å². The van der Waals surface area contributed by atoms with Crippen LogP contribution in [0.15, 0.2) is 65.3 Å². The Morgan fingerprint density at radius 3 is 2.83 bits per heavy atom. The quantitative estimate of drug-likeness (QED) is 0.501. The SMILES string of the molecule is O=C(NCc1ccco1)c1ccc2c(c1)NC(=O)C(CSCc1cccc(Cl)c1)N2. The normalized spacial score (nSPS) is 15.1. The minimum Gasteiger partial charge on any atom is -0.467 e. The summed E-state index contributed by atoms with van der Waals surface area (Å²) in [4.78, 5) is 24.9. The average molecular weight is 442 g/mol. The van der Waals surface area contributed by atoms with E-state index in [1.165, 1.54) is 0 Å². The van der Waals surface area contributed by atoms with Crippen molar-refractivity contribution in [1.29, 1.82) is 0 Å². The minimum absolute atomic E-state index is 0.116. The number of hydrogen-bond acceptors (Lipinski definition) is 5. The molecule has 0 aliphatic carbocycles. The third kappa shape index (κ3) is 4.98. The fourth-order valence-corrected chi connectivity index (χ4v) is 4.33. The van der Waals surface area contributed by atoms with Crippen LogP contribution in [0, 0.1) is 0 Å². The first-order chi connectivity index (χ1) is 14.6. The summed E-state index contributed by atoms with van der Waals surface area (Å²) in [5.74, 6) is 1.71. The van der Waals surface area contributed by atoms with Crippen LogP contribution < -0.4 is 16.0 Å². The van der Waals surface area contributed by atoms with E-state index in [-0.39, 0.29) is 17.9 Å². The van der Waals surface area contributed by atoms with Gasteiger partial charge < -0.3 is 20.4 Å². The number of fused-ring (bicyclic) bond motifs is 1. The van der Waals surface area contributed by atoms with Crippen LogP contribution in [0.4, 0.5) is 11.4 Å². The molecule has 3 aromatic rings. The lowest BCUT2D eigenvalue weighted by molar-refractivity contribution is -0.116. The first kappa shape index (κ1) is 20.4. The van der Waals surface area contributed by atoms with E-state index in [1.54, 1.807) is 42.3 Å². The lowest BCUT2D eigenvalue weighted by atomic mass is 10.1. The summed E-state index contributed by atoms with van der Waals surface area (Å²) in [5, 5.41) is 9.66. The average Bonchev–Trinajstić information content (AvgIpc) is 3.26. The van der Waals surface area contributed by atoms with Crippen LogP contribution >= 0.6 is 23.4 Å². The number of hydrogen-bond donors (Lipinski definition) is 3. The lowest BCUT2D eigenvalue weighted by Crippen LogP contribution is -2.40. The summed E-state index contributed by atoms with van der Waals surface area (Å²) < 4.78 is 5.21. The second-order valence-electron chi connectivity index (χ2n) is 6.85. The molecule has 1 aromatic heterocycles. The number of furan rings is 1. The summed E-state index contributed by atoms with van der Waals surface area (Å²) in [6, 6.07) is 16.1. The van der Waals surface area contributed by atoms with E-state index < -0.39 is 0 Å². The van der Waals surface area contributed by atoms with Gasteiger partial charge in [-0.1, -0.05) is 23.7 Å². The molecule has 0 saturated carbocycles. The van der Waals surface area contributed by atoms with Crippen molar-refractivity contribution in [1.82, 2.24) is 5.32 Å². The third-order valence-electron chi connectivity index (χ3n) is 4.63. The number of amides is 2. The van der Waals surface area contributed by atoms with Crippen LogP contribution in [0.1, 0.15) is 21.7 Å². The second kappa shape index (κ2) is 9.28. The van der Waals surface area contributed by atoms with Crippen LogP contribution in [0.3, 0.4) is 0 Å². The highest BCUT2D eigenvalue weighted by Gasteiger charge is 2.26. The molecule has 0 radical (unpaired) electrons. The molecule has 4 rings (SSSR count). The molecular weight excluding hydrogens is 422 g/mol. The fraction of sp³-hybridized carbons (Fsp3) is 0.182. The van der Waals surface area contributed by atoms with E-state index in [0.717, 1.165) is 17.0 Å². The molecule has 3 N–H and O–H groups in total. The van der Waals surface area contributed by atoms with Gasteiger partial charge in [0.05, 0.1) is 24.2 Å². The molecule has 1 aliphatic rings. The van der Waals surface area contributed by atoms with Gasteiger partial charge in [0.15, 0.2) is 0 Å². The van der Waals surface area contributed by atoms with Gasteiger partial charge in [0, 0.05) is 22.1 Å². The van der Waals surface area contributed by atoms with E-state index in [0.29, 0.717) is 34.3 Å². The summed E-state index contributed by atoms with van der Waals surface area (Å²) in [7, 11) is 0. The molecule has 1 aliphatic heterocycles. The molecule has 1 unspecified atom stereocenters. The van der Waals surface area contributed by atoms with E-state index in [1.807, 2.05) is 30.3 Å². The third-order valence-corrected chi connectivity index (χ3v) is 5.97. The molecule has 2 heterocycles. The summed E-state index contributed by atoms with van der Waals surface area (Å²) in [5.41, 5.74) is 2.98. The van der Waals surface area contributed by atoms with Crippen LogP contribution in [0.2, 0.25) is 5.02 Å². The zero-order valence-corrected chi connectivity index (χ0v) is 17.6. The smallest absolute Gasteiger partial charge is 0.251 e. The van der Waals surface area contributed by atoms with Gasteiger partial charge in [-0.15, -0.1) is 0 Å². The van der Waals surface area contributed by atoms with Crippen LogP contribution in [0.25, 0.3) is 0 Å². The van der Waals surface area contributed by atoms with Crippen LogP contribution in [0.5, 0.6) is 0 Å². The van der Waals surface area contributed by atoms with E-state index in [2.05, 4.69) is 16.0 Å². The van der Waals surface area contributed by atoms with Gasteiger partial charge >= 0.3 is 0 Å². The number of carbonyl (C=O) groups excluding carboxylic acids is 2. The number of anilines is 2. The Hall–Kier alpha value is -2.90. The Morgan fingerprint density at radius 2 is 2.03 bits per heavy atom. The highest BCUT2D eigenvalue weighted by atomic mass is 35.5. The van der Waals surface area contributed by atoms with Crippen molar-refractivity contribution in [3.63, 3.8) is 0 Å². The van der Waals surface area contributed by atoms with Gasteiger partial charge in [-0.3, -0.25) is 9.59 Å². The highest BCUT2D eigenvalue weighted by molar-refractivity contribution is 7.98. The topological polar surface area (TPSA) is 83.4 Å². The number of nitrogens with one attached hydrogen (secondary N) is 3. The predicted molar refractivity (Wildman–Crippen MR) is 120 cm³/mol. The minimum atomic E-state index is -0.347. The Labute approximate surface area is 183 Å². The zero-order chi connectivity index (χ0) is 20.9. The molecule has 0 bridgehead atoms.